The van der Waals surface area contributed by atoms with E-state index in [4.69, 9.17) is 9.15 Å². The number of nitrogens with zero attached hydrogens (tertiary/aromatic N) is 1. The van der Waals surface area contributed by atoms with Crippen molar-refractivity contribution in [1.29, 1.82) is 0 Å². The van der Waals surface area contributed by atoms with Gasteiger partial charge in [0.1, 0.15) is 11.3 Å². The summed E-state index contributed by atoms with van der Waals surface area (Å²) in [6.07, 6.45) is 0.235. The second-order valence-electron chi connectivity index (χ2n) is 3.67. The molecule has 4 nitrogen and oxygen atoms in total. The van der Waals surface area contributed by atoms with Gasteiger partial charge in [-0.25, -0.2) is 4.98 Å². The van der Waals surface area contributed by atoms with E-state index in [0.717, 1.165) is 16.7 Å². The summed E-state index contributed by atoms with van der Waals surface area (Å²) in [5.74, 6) is 0.802. The molecule has 1 aliphatic heterocycles. The largest absolute Gasteiger partial charge is 0.436 e. The average molecular weight is 215 g/mol. The van der Waals surface area contributed by atoms with Crippen molar-refractivity contribution in [2.24, 2.45) is 0 Å². The van der Waals surface area contributed by atoms with Gasteiger partial charge in [-0.15, -0.1) is 0 Å². The molecule has 0 aliphatic carbocycles. The quantitative estimate of drug-likeness (QED) is 0.686. The fraction of sp³-hybridized carbons (Fsp3) is 0.167. The minimum atomic E-state index is -0.255. The molecule has 0 saturated carbocycles. The maximum absolute atomic E-state index is 11.1. The second-order valence-corrected chi connectivity index (χ2v) is 3.67. The number of carbonyl (C=O) groups excluding carboxylic acids is 1. The maximum Gasteiger partial charge on any atom is 0.315 e. The number of para-hydroxylation sites is 2. The normalized spacial score (nSPS) is 15.9. The first-order chi connectivity index (χ1) is 7.74. The van der Waals surface area contributed by atoms with Gasteiger partial charge >= 0.3 is 5.97 Å². The van der Waals surface area contributed by atoms with Crippen LogP contribution in [0.4, 0.5) is 0 Å². The number of ether oxygens (including phenoxy) is 1. The molecule has 0 saturated heterocycles. The molecule has 4 heteroatoms. The lowest BCUT2D eigenvalue weighted by atomic mass is 10.2. The number of benzene rings is 1. The first-order valence-electron chi connectivity index (χ1n) is 5.00. The Hall–Kier alpha value is -2.10. The molecule has 1 aromatic heterocycles. The zero-order chi connectivity index (χ0) is 11.1. The molecule has 2 aromatic rings. The molecule has 0 N–H and O–H groups in total. The highest BCUT2D eigenvalue weighted by Gasteiger charge is 2.25. The van der Waals surface area contributed by atoms with E-state index in [2.05, 4.69) is 4.98 Å². The Kier molecular flexibility index (Phi) is 1.83. The summed E-state index contributed by atoms with van der Waals surface area (Å²) < 4.78 is 10.5. The van der Waals surface area contributed by atoms with Gasteiger partial charge in [-0.1, -0.05) is 12.1 Å². The Balaban J connectivity index is 2.13. The molecule has 0 bridgehead atoms. The average Bonchev–Trinajstić information content (AvgIpc) is 2.81. The van der Waals surface area contributed by atoms with Gasteiger partial charge in [0.05, 0.1) is 12.0 Å². The number of rotatable bonds is 1. The van der Waals surface area contributed by atoms with Gasteiger partial charge in [0, 0.05) is 0 Å². The van der Waals surface area contributed by atoms with Crippen molar-refractivity contribution in [3.8, 4) is 0 Å². The molecule has 0 fully saturated rings. The predicted molar refractivity (Wildman–Crippen MR) is 57.3 cm³/mol. The smallest absolute Gasteiger partial charge is 0.315 e. The van der Waals surface area contributed by atoms with E-state index >= 15 is 0 Å². The summed E-state index contributed by atoms with van der Waals surface area (Å²) in [6.45, 7) is 1.75. The van der Waals surface area contributed by atoms with E-state index < -0.39 is 0 Å². The van der Waals surface area contributed by atoms with Crippen molar-refractivity contribution in [3.05, 3.63) is 35.9 Å². The number of allylic oxidation sites excluding steroid dienone is 1. The van der Waals surface area contributed by atoms with Crippen molar-refractivity contribution in [3.63, 3.8) is 0 Å². The van der Waals surface area contributed by atoms with Crippen LogP contribution in [0.15, 0.2) is 34.4 Å². The highest BCUT2D eigenvalue weighted by Crippen LogP contribution is 2.30. The van der Waals surface area contributed by atoms with Crippen LogP contribution < -0.4 is 0 Å². The van der Waals surface area contributed by atoms with Crippen molar-refractivity contribution in [2.45, 2.75) is 13.3 Å². The van der Waals surface area contributed by atoms with Crippen LogP contribution in [-0.4, -0.2) is 11.0 Å². The van der Waals surface area contributed by atoms with Crippen molar-refractivity contribution in [1.82, 2.24) is 4.98 Å². The zero-order valence-electron chi connectivity index (χ0n) is 8.69. The molecule has 0 amide bonds. The summed E-state index contributed by atoms with van der Waals surface area (Å²) in [5, 5.41) is 0. The summed E-state index contributed by atoms with van der Waals surface area (Å²) in [5.41, 5.74) is 2.25. The highest BCUT2D eigenvalue weighted by molar-refractivity contribution is 5.90. The topological polar surface area (TPSA) is 52.3 Å². The lowest BCUT2D eigenvalue weighted by molar-refractivity contribution is -0.136. The minimum absolute atomic E-state index is 0.235. The van der Waals surface area contributed by atoms with Gasteiger partial charge in [0.15, 0.2) is 5.58 Å². The molecule has 0 spiro atoms. The van der Waals surface area contributed by atoms with E-state index in [9.17, 15) is 4.79 Å². The number of fused-ring (bicyclic) bond motifs is 1. The first-order valence-corrected chi connectivity index (χ1v) is 5.00. The molecular formula is C12H9NO3. The lowest BCUT2D eigenvalue weighted by Gasteiger charge is -1.92. The van der Waals surface area contributed by atoms with Crippen molar-refractivity contribution in [2.75, 3.05) is 0 Å². The van der Waals surface area contributed by atoms with E-state index in [1.807, 2.05) is 24.3 Å². The number of esters is 1. The summed E-state index contributed by atoms with van der Waals surface area (Å²) in [6, 6.07) is 7.50. The molecule has 3 rings (SSSR count). The highest BCUT2D eigenvalue weighted by atomic mass is 16.5. The molecule has 0 radical (unpaired) electrons. The Bertz CT molecular complexity index is 577. The first kappa shape index (κ1) is 9.15. The Morgan fingerprint density at radius 3 is 2.81 bits per heavy atom. The maximum atomic E-state index is 11.1. The van der Waals surface area contributed by atoms with Crippen molar-refractivity contribution < 1.29 is 13.9 Å². The molecule has 0 unspecified atom stereocenters. The van der Waals surface area contributed by atoms with Gasteiger partial charge in [-0.3, -0.25) is 4.79 Å². The minimum Gasteiger partial charge on any atom is -0.436 e. The zero-order valence-corrected chi connectivity index (χ0v) is 8.69. The van der Waals surface area contributed by atoms with E-state index in [1.54, 1.807) is 6.92 Å². The standard InChI is InChI=1S/C12H9NO3/c1-7-8(6-11(14)15-7)12-13-9-4-2-3-5-10(9)16-12/h2-5H,6H2,1H3. The van der Waals surface area contributed by atoms with Gasteiger partial charge in [0.2, 0.25) is 5.89 Å². The number of carbonyl (C=O) groups is 1. The van der Waals surface area contributed by atoms with E-state index in [0.29, 0.717) is 11.6 Å². The molecule has 1 aromatic carbocycles. The lowest BCUT2D eigenvalue weighted by Crippen LogP contribution is -1.91. The van der Waals surface area contributed by atoms with Gasteiger partial charge in [-0.2, -0.15) is 0 Å². The number of cyclic esters (lactones) is 1. The summed E-state index contributed by atoms with van der Waals surface area (Å²) in [4.78, 5) is 15.4. The Labute approximate surface area is 91.5 Å². The molecule has 80 valence electrons. The monoisotopic (exact) mass is 215 g/mol. The van der Waals surface area contributed by atoms with Gasteiger partial charge in [-0.05, 0) is 19.1 Å². The number of hydrogen-bond acceptors (Lipinski definition) is 4. The third kappa shape index (κ3) is 1.31. The Morgan fingerprint density at radius 1 is 1.31 bits per heavy atom. The van der Waals surface area contributed by atoms with Crippen LogP contribution in [0.3, 0.4) is 0 Å². The number of hydrogen-bond donors (Lipinski definition) is 0. The Morgan fingerprint density at radius 2 is 2.12 bits per heavy atom. The van der Waals surface area contributed by atoms with Crippen LogP contribution in [0, 0.1) is 0 Å². The molecule has 0 atom stereocenters. The van der Waals surface area contributed by atoms with Crippen LogP contribution in [-0.2, 0) is 9.53 Å². The molecule has 16 heavy (non-hydrogen) atoms. The van der Waals surface area contributed by atoms with Crippen LogP contribution in [0.2, 0.25) is 0 Å². The number of aromatic nitrogens is 1. The third-order valence-electron chi connectivity index (χ3n) is 2.57. The third-order valence-corrected chi connectivity index (χ3v) is 2.57. The van der Waals surface area contributed by atoms with E-state index in [-0.39, 0.29) is 12.4 Å². The number of oxazole rings is 1. The van der Waals surface area contributed by atoms with Crippen LogP contribution >= 0.6 is 0 Å². The fourth-order valence-corrected chi connectivity index (χ4v) is 1.76. The van der Waals surface area contributed by atoms with Crippen LogP contribution in [0.5, 0.6) is 0 Å². The molecule has 1 aliphatic rings. The fourth-order valence-electron chi connectivity index (χ4n) is 1.76. The van der Waals surface area contributed by atoms with Crippen LogP contribution in [0.25, 0.3) is 16.7 Å². The predicted octanol–water partition coefficient (Wildman–Crippen LogP) is 2.51. The van der Waals surface area contributed by atoms with E-state index in [1.165, 1.54) is 0 Å². The SMILES string of the molecule is CC1=C(c2nc3ccccc3o2)CC(=O)O1. The molecular weight excluding hydrogens is 206 g/mol. The summed E-state index contributed by atoms with van der Waals surface area (Å²) in [7, 11) is 0. The van der Waals surface area contributed by atoms with Gasteiger partial charge < -0.3 is 9.15 Å². The summed E-state index contributed by atoms with van der Waals surface area (Å²) >= 11 is 0. The van der Waals surface area contributed by atoms with Crippen LogP contribution in [0.1, 0.15) is 19.2 Å². The van der Waals surface area contributed by atoms with Crippen molar-refractivity contribution >= 4 is 22.6 Å². The second kappa shape index (κ2) is 3.20. The molecule has 2 heterocycles. The van der Waals surface area contributed by atoms with Gasteiger partial charge in [0.25, 0.3) is 0 Å².